The molecule has 0 saturated heterocycles. The van der Waals surface area contributed by atoms with Gasteiger partial charge >= 0.3 is 12.4 Å². The second-order valence-electron chi connectivity index (χ2n) is 6.37. The van der Waals surface area contributed by atoms with Crippen molar-refractivity contribution in [3.05, 3.63) is 59.4 Å². The van der Waals surface area contributed by atoms with E-state index in [-0.39, 0.29) is 23.4 Å². The smallest absolute Gasteiger partial charge is 0.406 e. The molecule has 0 bridgehead atoms. The van der Waals surface area contributed by atoms with E-state index in [0.29, 0.717) is 13.1 Å². The Morgan fingerprint density at radius 2 is 1.77 bits per heavy atom. The Hall–Kier alpha value is -3.34. The Kier molecular flexibility index (Phi) is 7.81. The van der Waals surface area contributed by atoms with Crippen molar-refractivity contribution in [2.45, 2.75) is 26.8 Å². The van der Waals surface area contributed by atoms with Crippen LogP contribution in [0.1, 0.15) is 29.8 Å². The second kappa shape index (κ2) is 10.1. The topological polar surface area (TPSA) is 87.9 Å². The highest BCUT2D eigenvalue weighted by Crippen LogP contribution is 2.29. The highest BCUT2D eigenvalue weighted by molar-refractivity contribution is 5.94. The molecule has 2 aromatic carbocycles. The summed E-state index contributed by atoms with van der Waals surface area (Å²) in [6.45, 7) is 3.86. The number of hydrogen-bond acceptors (Lipinski definition) is 4. The number of rotatable bonds is 7. The van der Waals surface area contributed by atoms with Crippen molar-refractivity contribution in [3.63, 3.8) is 0 Å². The number of nitrogens with zero attached hydrogens (tertiary/aromatic N) is 2. The Balaban J connectivity index is 2.44. The van der Waals surface area contributed by atoms with Gasteiger partial charge in [0.05, 0.1) is 6.54 Å². The van der Waals surface area contributed by atoms with Crippen LogP contribution < -0.4 is 20.9 Å². The summed E-state index contributed by atoms with van der Waals surface area (Å²) >= 11 is 0. The number of hydrazine groups is 1. The lowest BCUT2D eigenvalue weighted by Crippen LogP contribution is -2.43. The maximum atomic E-state index is 14.6. The van der Waals surface area contributed by atoms with E-state index in [4.69, 9.17) is 5.84 Å². The van der Waals surface area contributed by atoms with Gasteiger partial charge in [0.2, 0.25) is 0 Å². The number of benzene rings is 2. The standard InChI is InChI=1S/C20H22F4N4O3/c1-3-27(4-2)19(30)28(15-6-5-7-16(11-15)31-20(22,23)24)12-14-9-8-13(10-17(14)21)18(29)26-25/h5-11H,3-4,12,25H2,1-2H3,(H,26,29). The first kappa shape index (κ1) is 23.9. The van der Waals surface area contributed by atoms with Gasteiger partial charge in [0, 0.05) is 36.0 Å². The van der Waals surface area contributed by atoms with Crippen LogP contribution in [0.25, 0.3) is 0 Å². The molecular formula is C20H22F4N4O3. The molecular weight excluding hydrogens is 420 g/mol. The fourth-order valence-electron chi connectivity index (χ4n) is 2.85. The molecule has 11 heteroatoms. The molecule has 3 N–H and O–H groups in total. The number of nitrogens with one attached hydrogen (secondary N) is 1. The van der Waals surface area contributed by atoms with E-state index >= 15 is 0 Å². The van der Waals surface area contributed by atoms with Gasteiger partial charge in [-0.1, -0.05) is 12.1 Å². The van der Waals surface area contributed by atoms with Gasteiger partial charge in [-0.2, -0.15) is 0 Å². The van der Waals surface area contributed by atoms with Gasteiger partial charge in [-0.05, 0) is 38.1 Å². The minimum Gasteiger partial charge on any atom is -0.406 e. The van der Waals surface area contributed by atoms with Crippen LogP contribution in [0, 0.1) is 5.82 Å². The van der Waals surface area contributed by atoms with E-state index in [1.165, 1.54) is 29.2 Å². The Morgan fingerprint density at radius 3 is 2.32 bits per heavy atom. The largest absolute Gasteiger partial charge is 0.573 e. The lowest BCUT2D eigenvalue weighted by atomic mass is 10.1. The van der Waals surface area contributed by atoms with Gasteiger partial charge < -0.3 is 9.64 Å². The van der Waals surface area contributed by atoms with Gasteiger partial charge in [0.1, 0.15) is 11.6 Å². The monoisotopic (exact) mass is 442 g/mol. The summed E-state index contributed by atoms with van der Waals surface area (Å²) in [5, 5.41) is 0. The van der Waals surface area contributed by atoms with Crippen LogP contribution >= 0.6 is 0 Å². The molecule has 2 aromatic rings. The number of anilines is 1. The van der Waals surface area contributed by atoms with E-state index in [1.807, 2.05) is 5.43 Å². The maximum Gasteiger partial charge on any atom is 0.573 e. The Labute approximate surface area is 176 Å². The number of nitrogen functional groups attached to an aromatic ring is 1. The average Bonchev–Trinajstić information content (AvgIpc) is 2.72. The van der Waals surface area contributed by atoms with Crippen molar-refractivity contribution < 1.29 is 31.9 Å². The highest BCUT2D eigenvalue weighted by Gasteiger charge is 2.31. The number of carbonyl (C=O) groups excluding carboxylic acids is 2. The van der Waals surface area contributed by atoms with Crippen molar-refractivity contribution >= 4 is 17.6 Å². The van der Waals surface area contributed by atoms with E-state index < -0.39 is 29.9 Å². The quantitative estimate of drug-likeness (QED) is 0.296. The number of alkyl halides is 3. The molecule has 2 rings (SSSR count). The van der Waals surface area contributed by atoms with Gasteiger partial charge in [-0.3, -0.25) is 15.1 Å². The maximum absolute atomic E-state index is 14.6. The summed E-state index contributed by atoms with van der Waals surface area (Å²) in [5.74, 6) is 3.05. The molecule has 7 nitrogen and oxygen atoms in total. The molecule has 0 spiro atoms. The SMILES string of the molecule is CCN(CC)C(=O)N(Cc1ccc(C(=O)NN)cc1F)c1cccc(OC(F)(F)F)c1. The summed E-state index contributed by atoms with van der Waals surface area (Å²) < 4.78 is 56.3. The van der Waals surface area contributed by atoms with Crippen molar-refractivity contribution in [2.75, 3.05) is 18.0 Å². The third-order valence-electron chi connectivity index (χ3n) is 4.40. The van der Waals surface area contributed by atoms with Crippen LogP contribution in [0.15, 0.2) is 42.5 Å². The number of halogens is 4. The number of urea groups is 1. The van der Waals surface area contributed by atoms with Gasteiger partial charge in [-0.25, -0.2) is 15.0 Å². The summed E-state index contributed by atoms with van der Waals surface area (Å²) in [7, 11) is 0. The molecule has 0 aromatic heterocycles. The zero-order chi connectivity index (χ0) is 23.2. The minimum absolute atomic E-state index is 0.0223. The summed E-state index contributed by atoms with van der Waals surface area (Å²) in [4.78, 5) is 27.2. The van der Waals surface area contributed by atoms with Crippen LogP contribution in [0.4, 0.5) is 28.0 Å². The van der Waals surface area contributed by atoms with Crippen LogP contribution in [-0.4, -0.2) is 36.3 Å². The molecule has 0 unspecified atom stereocenters. The van der Waals surface area contributed by atoms with E-state index in [0.717, 1.165) is 23.1 Å². The molecule has 168 valence electrons. The molecule has 0 aliphatic carbocycles. The summed E-state index contributed by atoms with van der Waals surface area (Å²) in [6, 6.07) is 7.91. The lowest BCUT2D eigenvalue weighted by molar-refractivity contribution is -0.274. The molecule has 0 saturated carbocycles. The number of carbonyl (C=O) groups is 2. The first-order chi connectivity index (χ1) is 14.6. The van der Waals surface area contributed by atoms with Crippen molar-refractivity contribution in [3.8, 4) is 5.75 Å². The lowest BCUT2D eigenvalue weighted by Gasteiger charge is -2.30. The Morgan fingerprint density at radius 1 is 1.10 bits per heavy atom. The second-order valence-corrected chi connectivity index (χ2v) is 6.37. The van der Waals surface area contributed by atoms with Crippen LogP contribution in [0.3, 0.4) is 0 Å². The van der Waals surface area contributed by atoms with E-state index in [1.54, 1.807) is 13.8 Å². The fourth-order valence-corrected chi connectivity index (χ4v) is 2.85. The molecule has 3 amide bonds. The highest BCUT2D eigenvalue weighted by atomic mass is 19.4. The summed E-state index contributed by atoms with van der Waals surface area (Å²) in [6.07, 6.45) is -4.90. The minimum atomic E-state index is -4.90. The number of nitrogens with two attached hydrogens (primary N) is 1. The first-order valence-electron chi connectivity index (χ1n) is 9.31. The van der Waals surface area contributed by atoms with Gasteiger partial charge in [-0.15, -0.1) is 13.2 Å². The van der Waals surface area contributed by atoms with E-state index in [2.05, 4.69) is 4.74 Å². The predicted molar refractivity (Wildman–Crippen MR) is 106 cm³/mol. The molecule has 31 heavy (non-hydrogen) atoms. The van der Waals surface area contributed by atoms with Crippen molar-refractivity contribution in [1.29, 1.82) is 0 Å². The third-order valence-corrected chi connectivity index (χ3v) is 4.40. The number of ether oxygens (including phenoxy) is 1. The number of amides is 3. The van der Waals surface area contributed by atoms with Gasteiger partial charge in [0.15, 0.2) is 0 Å². The fraction of sp³-hybridized carbons (Fsp3) is 0.300. The third kappa shape index (κ3) is 6.32. The zero-order valence-corrected chi connectivity index (χ0v) is 16.9. The molecule has 0 aliphatic heterocycles. The molecule has 0 fully saturated rings. The normalized spacial score (nSPS) is 11.1. The average molecular weight is 442 g/mol. The zero-order valence-electron chi connectivity index (χ0n) is 16.9. The molecule has 0 aliphatic rings. The molecule has 0 radical (unpaired) electrons. The van der Waals surface area contributed by atoms with Crippen molar-refractivity contribution in [2.24, 2.45) is 5.84 Å². The predicted octanol–water partition coefficient (Wildman–Crippen LogP) is 3.80. The number of hydrogen-bond donors (Lipinski definition) is 2. The van der Waals surface area contributed by atoms with Crippen LogP contribution in [0.5, 0.6) is 5.75 Å². The molecule has 0 atom stereocenters. The van der Waals surface area contributed by atoms with Gasteiger partial charge in [0.25, 0.3) is 5.91 Å². The van der Waals surface area contributed by atoms with E-state index in [9.17, 15) is 27.2 Å². The Bertz CT molecular complexity index is 933. The summed E-state index contributed by atoms with van der Waals surface area (Å²) in [5.41, 5.74) is 2.00. The van der Waals surface area contributed by atoms with Crippen LogP contribution in [-0.2, 0) is 6.54 Å². The first-order valence-corrected chi connectivity index (χ1v) is 9.31. The van der Waals surface area contributed by atoms with Crippen LogP contribution in [0.2, 0.25) is 0 Å². The van der Waals surface area contributed by atoms with Crippen molar-refractivity contribution in [1.82, 2.24) is 10.3 Å². The molecule has 0 heterocycles.